The summed E-state index contributed by atoms with van der Waals surface area (Å²) in [5.41, 5.74) is 0. The van der Waals surface area contributed by atoms with Crippen LogP contribution >= 0.6 is 0 Å². The summed E-state index contributed by atoms with van der Waals surface area (Å²) in [5, 5.41) is 0. The summed E-state index contributed by atoms with van der Waals surface area (Å²) in [4.78, 5) is 17.1. The molecule has 0 N–H and O–H groups in total. The van der Waals surface area contributed by atoms with Crippen LogP contribution in [0, 0.1) is 0 Å². The minimum Gasteiger partial charge on any atom is -0.336 e. The standard InChI is InChI=1S/C10H17N3O/c1-5-13-7-6-11-10(13)8(2)12(4)9(3)14/h6-8H,5H2,1-4H3. The average molecular weight is 195 g/mol. The van der Waals surface area contributed by atoms with E-state index in [2.05, 4.69) is 11.9 Å². The molecule has 0 aliphatic heterocycles. The first-order valence-electron chi connectivity index (χ1n) is 4.82. The molecule has 78 valence electrons. The number of hydrogen-bond donors (Lipinski definition) is 0. The molecule has 0 aromatic carbocycles. The highest BCUT2D eigenvalue weighted by atomic mass is 16.2. The highest BCUT2D eigenvalue weighted by Crippen LogP contribution is 2.16. The fraction of sp³-hybridized carbons (Fsp3) is 0.600. The molecule has 1 aromatic rings. The Balaban J connectivity index is 2.88. The predicted molar refractivity (Wildman–Crippen MR) is 54.8 cm³/mol. The number of aryl methyl sites for hydroxylation is 1. The highest BCUT2D eigenvalue weighted by Gasteiger charge is 2.17. The van der Waals surface area contributed by atoms with E-state index < -0.39 is 0 Å². The molecule has 1 amide bonds. The molecule has 1 atom stereocenters. The molecule has 1 unspecified atom stereocenters. The molecule has 0 saturated carbocycles. The topological polar surface area (TPSA) is 38.1 Å². The van der Waals surface area contributed by atoms with Crippen LogP contribution in [0.5, 0.6) is 0 Å². The first-order valence-corrected chi connectivity index (χ1v) is 4.82. The van der Waals surface area contributed by atoms with E-state index in [0.717, 1.165) is 12.4 Å². The second-order valence-corrected chi connectivity index (χ2v) is 3.38. The van der Waals surface area contributed by atoms with E-state index in [1.165, 1.54) is 0 Å². The van der Waals surface area contributed by atoms with Gasteiger partial charge in [0.2, 0.25) is 5.91 Å². The molecule has 0 spiro atoms. The molecule has 1 rings (SSSR count). The van der Waals surface area contributed by atoms with Crippen LogP contribution in [0.15, 0.2) is 12.4 Å². The molecule has 1 heterocycles. The number of carbonyl (C=O) groups excluding carboxylic acids is 1. The largest absolute Gasteiger partial charge is 0.336 e. The van der Waals surface area contributed by atoms with Crippen molar-refractivity contribution in [3.8, 4) is 0 Å². The van der Waals surface area contributed by atoms with Gasteiger partial charge in [0.1, 0.15) is 5.82 Å². The molecule has 0 fully saturated rings. The van der Waals surface area contributed by atoms with Gasteiger partial charge in [-0.1, -0.05) is 0 Å². The number of imidazole rings is 1. The zero-order valence-electron chi connectivity index (χ0n) is 9.19. The monoisotopic (exact) mass is 195 g/mol. The second kappa shape index (κ2) is 4.26. The summed E-state index contributed by atoms with van der Waals surface area (Å²) in [5.74, 6) is 0.994. The van der Waals surface area contributed by atoms with Crippen LogP contribution in [0.25, 0.3) is 0 Å². The maximum atomic E-state index is 11.2. The van der Waals surface area contributed by atoms with Crippen LogP contribution < -0.4 is 0 Å². The third-order valence-corrected chi connectivity index (χ3v) is 2.54. The SMILES string of the molecule is CCn1ccnc1C(C)N(C)C(C)=O. The first-order chi connectivity index (χ1) is 6.57. The number of rotatable bonds is 3. The van der Waals surface area contributed by atoms with E-state index in [1.807, 2.05) is 17.7 Å². The van der Waals surface area contributed by atoms with Crippen molar-refractivity contribution in [3.63, 3.8) is 0 Å². The third kappa shape index (κ3) is 1.95. The fourth-order valence-corrected chi connectivity index (χ4v) is 1.40. The van der Waals surface area contributed by atoms with Crippen molar-refractivity contribution in [1.82, 2.24) is 14.5 Å². The Morgan fingerprint density at radius 1 is 1.71 bits per heavy atom. The fourth-order valence-electron chi connectivity index (χ4n) is 1.40. The molecule has 0 bridgehead atoms. The zero-order chi connectivity index (χ0) is 10.7. The molecule has 0 saturated heterocycles. The smallest absolute Gasteiger partial charge is 0.219 e. The summed E-state index contributed by atoms with van der Waals surface area (Å²) >= 11 is 0. The molecule has 1 aromatic heterocycles. The van der Waals surface area contributed by atoms with Crippen LogP contribution in [0.4, 0.5) is 0 Å². The van der Waals surface area contributed by atoms with Gasteiger partial charge in [-0.2, -0.15) is 0 Å². The molecule has 0 radical (unpaired) electrons. The molecular weight excluding hydrogens is 178 g/mol. The van der Waals surface area contributed by atoms with Crippen LogP contribution in [-0.2, 0) is 11.3 Å². The van der Waals surface area contributed by atoms with Gasteiger partial charge in [-0.25, -0.2) is 4.98 Å². The number of carbonyl (C=O) groups is 1. The Morgan fingerprint density at radius 3 is 2.86 bits per heavy atom. The van der Waals surface area contributed by atoms with Crippen molar-refractivity contribution in [2.24, 2.45) is 0 Å². The Bertz CT molecular complexity index is 319. The van der Waals surface area contributed by atoms with Gasteiger partial charge < -0.3 is 9.47 Å². The lowest BCUT2D eigenvalue weighted by molar-refractivity contribution is -0.129. The van der Waals surface area contributed by atoms with Gasteiger partial charge in [-0.05, 0) is 13.8 Å². The zero-order valence-corrected chi connectivity index (χ0v) is 9.19. The Kier molecular flexibility index (Phi) is 3.28. The van der Waals surface area contributed by atoms with Crippen molar-refractivity contribution in [1.29, 1.82) is 0 Å². The summed E-state index contributed by atoms with van der Waals surface area (Å²) < 4.78 is 2.05. The Labute approximate surface area is 84.5 Å². The van der Waals surface area contributed by atoms with Crippen molar-refractivity contribution < 1.29 is 4.79 Å². The minimum absolute atomic E-state index is 0.0300. The molecular formula is C10H17N3O. The van der Waals surface area contributed by atoms with Gasteiger partial charge in [-0.3, -0.25) is 4.79 Å². The summed E-state index contributed by atoms with van der Waals surface area (Å²) in [6.45, 7) is 6.49. The number of nitrogens with zero attached hydrogens (tertiary/aromatic N) is 3. The van der Waals surface area contributed by atoms with Gasteiger partial charge in [0, 0.05) is 32.9 Å². The van der Waals surface area contributed by atoms with Crippen molar-refractivity contribution in [3.05, 3.63) is 18.2 Å². The van der Waals surface area contributed by atoms with E-state index >= 15 is 0 Å². The van der Waals surface area contributed by atoms with E-state index in [9.17, 15) is 4.79 Å². The van der Waals surface area contributed by atoms with Crippen LogP contribution in [0.1, 0.15) is 32.6 Å². The normalized spacial score (nSPS) is 12.6. The van der Waals surface area contributed by atoms with Crippen LogP contribution in [0.2, 0.25) is 0 Å². The second-order valence-electron chi connectivity index (χ2n) is 3.38. The minimum atomic E-state index is 0.0300. The number of amides is 1. The van der Waals surface area contributed by atoms with Gasteiger partial charge in [0.25, 0.3) is 0 Å². The maximum Gasteiger partial charge on any atom is 0.219 e. The van der Waals surface area contributed by atoms with Gasteiger partial charge >= 0.3 is 0 Å². The third-order valence-electron chi connectivity index (χ3n) is 2.54. The van der Waals surface area contributed by atoms with Gasteiger partial charge in [0.15, 0.2) is 0 Å². The first kappa shape index (κ1) is 10.8. The van der Waals surface area contributed by atoms with Crippen molar-refractivity contribution in [2.45, 2.75) is 33.4 Å². The summed E-state index contributed by atoms with van der Waals surface area (Å²) in [7, 11) is 1.79. The number of hydrogen-bond acceptors (Lipinski definition) is 2. The molecule has 4 nitrogen and oxygen atoms in total. The molecule has 0 aliphatic rings. The lowest BCUT2D eigenvalue weighted by Gasteiger charge is -2.23. The quantitative estimate of drug-likeness (QED) is 0.732. The van der Waals surface area contributed by atoms with Gasteiger partial charge in [0.05, 0.1) is 6.04 Å². The van der Waals surface area contributed by atoms with E-state index in [-0.39, 0.29) is 11.9 Å². The van der Waals surface area contributed by atoms with E-state index in [4.69, 9.17) is 0 Å². The van der Waals surface area contributed by atoms with E-state index in [0.29, 0.717) is 0 Å². The van der Waals surface area contributed by atoms with E-state index in [1.54, 1.807) is 25.1 Å². The Morgan fingerprint density at radius 2 is 2.36 bits per heavy atom. The van der Waals surface area contributed by atoms with Gasteiger partial charge in [-0.15, -0.1) is 0 Å². The molecule has 0 aliphatic carbocycles. The molecule has 14 heavy (non-hydrogen) atoms. The molecule has 4 heteroatoms. The lowest BCUT2D eigenvalue weighted by Crippen LogP contribution is -2.29. The number of aromatic nitrogens is 2. The Hall–Kier alpha value is -1.32. The highest BCUT2D eigenvalue weighted by molar-refractivity contribution is 5.73. The lowest BCUT2D eigenvalue weighted by atomic mass is 10.2. The van der Waals surface area contributed by atoms with Crippen molar-refractivity contribution in [2.75, 3.05) is 7.05 Å². The average Bonchev–Trinajstić information content (AvgIpc) is 2.62. The summed E-state index contributed by atoms with van der Waals surface area (Å²) in [6, 6.07) is 0.0300. The van der Waals surface area contributed by atoms with Crippen molar-refractivity contribution >= 4 is 5.91 Å². The predicted octanol–water partition coefficient (Wildman–Crippen LogP) is 1.44. The van der Waals surface area contributed by atoms with Crippen LogP contribution in [-0.4, -0.2) is 27.4 Å². The van der Waals surface area contributed by atoms with Crippen LogP contribution in [0.3, 0.4) is 0 Å². The maximum absolute atomic E-state index is 11.2. The summed E-state index contributed by atoms with van der Waals surface area (Å²) in [6.07, 6.45) is 3.70.